The number of likely N-dealkylation sites (N-methyl/N-ethyl adjacent to an activating group) is 1. The van der Waals surface area contributed by atoms with Crippen LogP contribution in [0.3, 0.4) is 0 Å². The zero-order chi connectivity index (χ0) is 15.3. The minimum absolute atomic E-state index is 0.230. The van der Waals surface area contributed by atoms with E-state index in [-0.39, 0.29) is 11.5 Å². The molecule has 3 fully saturated rings. The van der Waals surface area contributed by atoms with Gasteiger partial charge in [0.25, 0.3) is 0 Å². The van der Waals surface area contributed by atoms with E-state index >= 15 is 0 Å². The van der Waals surface area contributed by atoms with Crippen molar-refractivity contribution in [3.63, 3.8) is 0 Å². The number of aliphatic hydroxyl groups excluding tert-OH is 1. The Morgan fingerprint density at radius 2 is 1.86 bits per heavy atom. The zero-order valence-corrected chi connectivity index (χ0v) is 14.1. The average molecular weight is 296 g/mol. The van der Waals surface area contributed by atoms with Crippen molar-refractivity contribution in [2.24, 2.45) is 16.7 Å². The number of hydrogen-bond donors (Lipinski definition) is 1. The maximum Gasteiger partial charge on any atom is 0.167 e. The van der Waals surface area contributed by atoms with Gasteiger partial charge in [-0.3, -0.25) is 4.90 Å². The van der Waals surface area contributed by atoms with Crippen molar-refractivity contribution in [1.29, 1.82) is 0 Å². The Labute approximate surface area is 129 Å². The molecule has 1 heterocycles. The average Bonchev–Trinajstić information content (AvgIpc) is 2.74. The summed E-state index contributed by atoms with van der Waals surface area (Å²) in [5, 5.41) is 10.4. The lowest BCUT2D eigenvalue weighted by Gasteiger charge is -2.40. The highest BCUT2D eigenvalue weighted by Gasteiger charge is 2.62. The molecule has 3 aliphatic rings. The molecule has 2 aliphatic carbocycles. The summed E-state index contributed by atoms with van der Waals surface area (Å²) in [5.74, 6) is 0.767. The minimum atomic E-state index is -0.634. The van der Waals surface area contributed by atoms with E-state index in [4.69, 9.17) is 4.74 Å². The van der Waals surface area contributed by atoms with E-state index in [1.807, 2.05) is 0 Å². The van der Waals surface area contributed by atoms with Crippen LogP contribution in [0.25, 0.3) is 0 Å². The third kappa shape index (κ3) is 2.65. The largest absolute Gasteiger partial charge is 0.367 e. The first-order valence-corrected chi connectivity index (χ1v) is 8.57. The van der Waals surface area contributed by atoms with Crippen LogP contribution in [-0.2, 0) is 4.74 Å². The van der Waals surface area contributed by atoms with Crippen LogP contribution in [0.1, 0.15) is 40.0 Å². The molecule has 0 aromatic rings. The van der Waals surface area contributed by atoms with Gasteiger partial charge in [-0.1, -0.05) is 20.8 Å². The number of piperazine rings is 1. The molecule has 0 aromatic heterocycles. The maximum absolute atomic E-state index is 10.4. The van der Waals surface area contributed by atoms with Crippen LogP contribution in [0, 0.1) is 16.7 Å². The third-order valence-corrected chi connectivity index (χ3v) is 7.05. The molecular weight excluding hydrogens is 264 g/mol. The van der Waals surface area contributed by atoms with E-state index < -0.39 is 6.29 Å². The number of hydrogen-bond acceptors (Lipinski definition) is 4. The summed E-state index contributed by atoms with van der Waals surface area (Å²) in [6, 6.07) is 0. The topological polar surface area (TPSA) is 35.9 Å². The van der Waals surface area contributed by atoms with Crippen molar-refractivity contribution in [2.45, 2.75) is 52.4 Å². The standard InChI is InChI=1S/C17H32N2O2/c1-16(2)13-5-6-17(16,3)14(11-13)21-15(20)12-19-9-7-18(4)8-10-19/h13-15,20H,5-12H2,1-4H3/t13-,14+,15+,17-/m1/s1. The third-order valence-electron chi connectivity index (χ3n) is 7.05. The van der Waals surface area contributed by atoms with Crippen LogP contribution in [0.5, 0.6) is 0 Å². The van der Waals surface area contributed by atoms with E-state index in [0.717, 1.165) is 38.5 Å². The molecule has 2 saturated carbocycles. The van der Waals surface area contributed by atoms with Gasteiger partial charge < -0.3 is 14.7 Å². The molecule has 0 aromatic carbocycles. The van der Waals surface area contributed by atoms with Crippen molar-refractivity contribution in [3.8, 4) is 0 Å². The molecule has 1 saturated heterocycles. The van der Waals surface area contributed by atoms with Crippen LogP contribution in [-0.4, -0.2) is 67.1 Å². The zero-order valence-electron chi connectivity index (χ0n) is 14.1. The first-order chi connectivity index (χ1) is 9.83. The fourth-order valence-corrected chi connectivity index (χ4v) is 4.82. The Hall–Kier alpha value is -0.160. The van der Waals surface area contributed by atoms with Crippen molar-refractivity contribution < 1.29 is 9.84 Å². The van der Waals surface area contributed by atoms with Gasteiger partial charge in [0.05, 0.1) is 6.10 Å². The fourth-order valence-electron chi connectivity index (χ4n) is 4.82. The number of aliphatic hydroxyl groups is 1. The second-order valence-corrected chi connectivity index (χ2v) is 8.29. The van der Waals surface area contributed by atoms with E-state index in [1.54, 1.807) is 0 Å². The fraction of sp³-hybridized carbons (Fsp3) is 1.00. The molecule has 4 atom stereocenters. The quantitative estimate of drug-likeness (QED) is 0.802. The molecule has 4 heteroatoms. The second kappa shape index (κ2) is 5.48. The molecule has 0 unspecified atom stereocenters. The van der Waals surface area contributed by atoms with Gasteiger partial charge >= 0.3 is 0 Å². The van der Waals surface area contributed by atoms with Gasteiger partial charge in [0.2, 0.25) is 0 Å². The molecule has 21 heavy (non-hydrogen) atoms. The molecular formula is C17H32N2O2. The lowest BCUT2D eigenvalue weighted by molar-refractivity contribution is -0.180. The summed E-state index contributed by atoms with van der Waals surface area (Å²) in [6.07, 6.45) is 3.30. The van der Waals surface area contributed by atoms with Crippen molar-refractivity contribution in [3.05, 3.63) is 0 Å². The smallest absolute Gasteiger partial charge is 0.167 e. The summed E-state index contributed by atoms with van der Waals surface area (Å²) in [4.78, 5) is 4.66. The van der Waals surface area contributed by atoms with Crippen LogP contribution in [0.4, 0.5) is 0 Å². The summed E-state index contributed by atoms with van der Waals surface area (Å²) < 4.78 is 6.11. The monoisotopic (exact) mass is 296 g/mol. The van der Waals surface area contributed by atoms with E-state index in [1.165, 1.54) is 12.8 Å². The minimum Gasteiger partial charge on any atom is -0.367 e. The Morgan fingerprint density at radius 3 is 2.38 bits per heavy atom. The molecule has 1 N–H and O–H groups in total. The predicted molar refractivity (Wildman–Crippen MR) is 84.0 cm³/mol. The highest BCUT2D eigenvalue weighted by Crippen LogP contribution is 2.66. The normalized spacial score (nSPS) is 41.6. The van der Waals surface area contributed by atoms with Crippen molar-refractivity contribution in [2.75, 3.05) is 39.8 Å². The van der Waals surface area contributed by atoms with Gasteiger partial charge in [0, 0.05) is 32.7 Å². The summed E-state index contributed by atoms with van der Waals surface area (Å²) >= 11 is 0. The Morgan fingerprint density at radius 1 is 1.19 bits per heavy atom. The molecule has 1 aliphatic heterocycles. The SMILES string of the molecule is CN1CCN(C[C@@H](O)O[C@H]2C[C@H]3CC[C@@]2(C)C3(C)C)CC1. The molecule has 2 bridgehead atoms. The first-order valence-electron chi connectivity index (χ1n) is 8.57. The molecule has 3 rings (SSSR count). The van der Waals surface area contributed by atoms with Crippen LogP contribution in [0.15, 0.2) is 0 Å². The highest BCUT2D eigenvalue weighted by atomic mass is 16.6. The highest BCUT2D eigenvalue weighted by molar-refractivity contribution is 5.11. The van der Waals surface area contributed by atoms with Crippen molar-refractivity contribution >= 4 is 0 Å². The van der Waals surface area contributed by atoms with Gasteiger partial charge in [-0.15, -0.1) is 0 Å². The first kappa shape index (κ1) is 15.7. The van der Waals surface area contributed by atoms with Gasteiger partial charge in [-0.05, 0) is 43.1 Å². The Bertz CT molecular complexity index is 379. The van der Waals surface area contributed by atoms with Gasteiger partial charge in [0.15, 0.2) is 6.29 Å². The lowest BCUT2D eigenvalue weighted by Crippen LogP contribution is -2.48. The molecule has 4 nitrogen and oxygen atoms in total. The maximum atomic E-state index is 10.4. The summed E-state index contributed by atoms with van der Waals surface area (Å²) in [5.41, 5.74) is 0.589. The molecule has 0 amide bonds. The Balaban J connectivity index is 1.53. The van der Waals surface area contributed by atoms with E-state index in [0.29, 0.717) is 12.0 Å². The number of nitrogens with zero attached hydrogens (tertiary/aromatic N) is 2. The van der Waals surface area contributed by atoms with Crippen LogP contribution >= 0.6 is 0 Å². The summed E-state index contributed by atoms with van der Waals surface area (Å²) in [7, 11) is 2.16. The number of β-amino-alcohol motifs (C(OH)–C–C–N with tert-alkyl or cyclic N) is 1. The molecule has 0 spiro atoms. The number of fused-ring (bicyclic) bond motifs is 2. The summed E-state index contributed by atoms with van der Waals surface area (Å²) in [6.45, 7) is 12.0. The van der Waals surface area contributed by atoms with Gasteiger partial charge in [-0.25, -0.2) is 0 Å². The second-order valence-electron chi connectivity index (χ2n) is 8.29. The van der Waals surface area contributed by atoms with Gasteiger partial charge in [-0.2, -0.15) is 0 Å². The van der Waals surface area contributed by atoms with Crippen molar-refractivity contribution in [1.82, 2.24) is 9.80 Å². The van der Waals surface area contributed by atoms with Gasteiger partial charge in [0.1, 0.15) is 0 Å². The number of rotatable bonds is 4. The van der Waals surface area contributed by atoms with Crippen LogP contribution < -0.4 is 0 Å². The van der Waals surface area contributed by atoms with E-state index in [9.17, 15) is 5.11 Å². The molecule has 0 radical (unpaired) electrons. The predicted octanol–water partition coefficient (Wildman–Crippen LogP) is 1.78. The lowest BCUT2D eigenvalue weighted by atomic mass is 9.70. The van der Waals surface area contributed by atoms with Crippen LogP contribution in [0.2, 0.25) is 0 Å². The van der Waals surface area contributed by atoms with E-state index in [2.05, 4.69) is 37.6 Å². The molecule has 122 valence electrons. The Kier molecular flexibility index (Phi) is 4.11. The number of ether oxygens (including phenoxy) is 1.